The minimum Gasteiger partial charge on any atom is -0.493 e. The number of esters is 2. The molecule has 7 nitrogen and oxygen atoms in total. The Morgan fingerprint density at radius 1 is 0.711 bits per heavy atom. The Morgan fingerprint density at radius 3 is 1.91 bits per heavy atom. The summed E-state index contributed by atoms with van der Waals surface area (Å²) in [6, 6.07) is 15.2. The van der Waals surface area contributed by atoms with Crippen LogP contribution in [-0.4, -0.2) is 55.2 Å². The Kier molecular flexibility index (Phi) is 13.9. The Hall–Kier alpha value is -4.34. The molecular weight excluding hydrogens is 582 g/mol. The molecule has 0 fully saturated rings. The lowest BCUT2D eigenvalue weighted by atomic mass is 9.96. The van der Waals surface area contributed by atoms with Crippen molar-refractivity contribution in [2.75, 3.05) is 33.0 Å². The second-order valence-corrected chi connectivity index (χ2v) is 10.5. The normalized spacial score (nSPS) is 10.8. The van der Waals surface area contributed by atoms with E-state index in [0.29, 0.717) is 65.9 Å². The molecule has 3 aromatic rings. The van der Waals surface area contributed by atoms with Crippen LogP contribution in [0.15, 0.2) is 78.9 Å². The summed E-state index contributed by atoms with van der Waals surface area (Å²) in [6.45, 7) is 8.59. The van der Waals surface area contributed by atoms with Gasteiger partial charge in [0.15, 0.2) is 0 Å². The summed E-state index contributed by atoms with van der Waals surface area (Å²) in [4.78, 5) is 23.2. The van der Waals surface area contributed by atoms with Crippen LogP contribution in [0.1, 0.15) is 43.7 Å². The highest BCUT2D eigenvalue weighted by atomic mass is 19.1. The molecule has 0 radical (unpaired) electrons. The number of rotatable bonds is 18. The quantitative estimate of drug-likeness (QED) is 0.0946. The molecule has 0 spiro atoms. The summed E-state index contributed by atoms with van der Waals surface area (Å²) in [6.07, 6.45) is 3.47. The second-order valence-electron chi connectivity index (χ2n) is 10.5. The van der Waals surface area contributed by atoms with E-state index in [4.69, 9.17) is 24.4 Å². The third-order valence-electron chi connectivity index (χ3n) is 7.07. The van der Waals surface area contributed by atoms with Gasteiger partial charge in [0.1, 0.15) is 17.4 Å². The third-order valence-corrected chi connectivity index (χ3v) is 7.07. The van der Waals surface area contributed by atoms with Crippen molar-refractivity contribution in [3.05, 3.63) is 102 Å². The number of aliphatic hydroxyl groups excluding tert-OH is 2. The SMILES string of the molecule is C=C(CO)C(=O)OCCCc1ccc(-c2ccc(-c3ccc(CCCOC(=O)C(=C)CO)c(F)c3)c(OCCCC)c2)c(F)c1. The lowest BCUT2D eigenvalue weighted by molar-refractivity contribution is -0.140. The third kappa shape index (κ3) is 10.4. The molecule has 45 heavy (non-hydrogen) atoms. The minimum atomic E-state index is -0.676. The topological polar surface area (TPSA) is 102 Å². The van der Waals surface area contributed by atoms with E-state index in [-0.39, 0.29) is 24.4 Å². The predicted molar refractivity (Wildman–Crippen MR) is 169 cm³/mol. The van der Waals surface area contributed by atoms with Gasteiger partial charge in [0.05, 0.1) is 44.2 Å². The molecule has 9 heteroatoms. The molecule has 3 aromatic carbocycles. The second kappa shape index (κ2) is 17.8. The van der Waals surface area contributed by atoms with Crippen LogP contribution in [0.5, 0.6) is 5.75 Å². The molecule has 0 aromatic heterocycles. The summed E-state index contributed by atoms with van der Waals surface area (Å²) in [5, 5.41) is 17.9. The summed E-state index contributed by atoms with van der Waals surface area (Å²) in [5.74, 6) is -1.63. The zero-order chi connectivity index (χ0) is 32.8. The number of benzene rings is 3. The van der Waals surface area contributed by atoms with Crippen LogP contribution in [0, 0.1) is 11.6 Å². The predicted octanol–water partition coefficient (Wildman–Crippen LogP) is 6.53. The molecule has 0 atom stereocenters. The van der Waals surface area contributed by atoms with Gasteiger partial charge in [-0.05, 0) is 72.6 Å². The van der Waals surface area contributed by atoms with E-state index in [1.165, 1.54) is 12.1 Å². The Bertz CT molecular complexity index is 1500. The van der Waals surface area contributed by atoms with Gasteiger partial charge in [0, 0.05) is 11.1 Å². The van der Waals surface area contributed by atoms with Crippen LogP contribution in [0.3, 0.4) is 0 Å². The van der Waals surface area contributed by atoms with Crippen molar-refractivity contribution in [2.45, 2.75) is 45.4 Å². The van der Waals surface area contributed by atoms with E-state index in [2.05, 4.69) is 13.2 Å². The fourth-order valence-corrected chi connectivity index (χ4v) is 4.44. The minimum absolute atomic E-state index is 0.0173. The van der Waals surface area contributed by atoms with Crippen molar-refractivity contribution in [3.63, 3.8) is 0 Å². The summed E-state index contributed by atoms with van der Waals surface area (Å²) < 4.78 is 46.5. The first kappa shape index (κ1) is 35.1. The monoisotopic (exact) mass is 622 g/mol. The molecule has 0 aliphatic carbocycles. The number of ether oxygens (including phenoxy) is 3. The van der Waals surface area contributed by atoms with Gasteiger partial charge in [-0.1, -0.05) is 62.9 Å². The molecule has 0 bridgehead atoms. The van der Waals surface area contributed by atoms with Gasteiger partial charge >= 0.3 is 11.9 Å². The number of aryl methyl sites for hydroxylation is 2. The zero-order valence-electron chi connectivity index (χ0n) is 25.6. The van der Waals surface area contributed by atoms with Crippen LogP contribution in [0.2, 0.25) is 0 Å². The lowest BCUT2D eigenvalue weighted by Crippen LogP contribution is -2.11. The Labute approximate surface area is 262 Å². The number of aliphatic hydroxyl groups is 2. The van der Waals surface area contributed by atoms with Crippen LogP contribution in [0.25, 0.3) is 22.3 Å². The standard InChI is InChI=1S/C36H40F2O7/c1-4-5-16-43-34-21-29(30-14-10-26(19-33(30)38)8-6-17-44-35(41)24(2)22-39)13-15-31(34)28-12-11-27(32(37)20-28)9-7-18-45-36(42)25(3)23-40/h10-15,19-21,39-40H,2-9,16-18,22-23H2,1H3. The molecule has 0 unspecified atom stereocenters. The van der Waals surface area contributed by atoms with Gasteiger partial charge in [0.2, 0.25) is 0 Å². The Balaban J connectivity index is 1.73. The van der Waals surface area contributed by atoms with Crippen LogP contribution < -0.4 is 4.74 Å². The number of hydrogen-bond donors (Lipinski definition) is 2. The number of unbranched alkanes of at least 4 members (excludes halogenated alkanes) is 1. The molecule has 0 saturated carbocycles. The number of hydrogen-bond acceptors (Lipinski definition) is 7. The molecule has 240 valence electrons. The van der Waals surface area contributed by atoms with Crippen molar-refractivity contribution in [2.24, 2.45) is 0 Å². The first-order chi connectivity index (χ1) is 21.7. The molecule has 0 heterocycles. The van der Waals surface area contributed by atoms with Crippen molar-refractivity contribution in [1.29, 1.82) is 0 Å². The van der Waals surface area contributed by atoms with E-state index in [9.17, 15) is 9.59 Å². The smallest absolute Gasteiger partial charge is 0.335 e. The zero-order valence-corrected chi connectivity index (χ0v) is 25.6. The van der Waals surface area contributed by atoms with Crippen LogP contribution in [0.4, 0.5) is 8.78 Å². The molecule has 0 aliphatic heterocycles. The number of carbonyl (C=O) groups excluding carboxylic acids is 2. The summed E-state index contributed by atoms with van der Waals surface area (Å²) >= 11 is 0. The highest BCUT2D eigenvalue weighted by molar-refractivity contribution is 5.88. The van der Waals surface area contributed by atoms with Gasteiger partial charge in [-0.25, -0.2) is 18.4 Å². The lowest BCUT2D eigenvalue weighted by Gasteiger charge is -2.15. The van der Waals surface area contributed by atoms with E-state index in [1.54, 1.807) is 36.4 Å². The van der Waals surface area contributed by atoms with Crippen molar-refractivity contribution >= 4 is 11.9 Å². The van der Waals surface area contributed by atoms with Crippen molar-refractivity contribution < 1.29 is 42.8 Å². The van der Waals surface area contributed by atoms with E-state index < -0.39 is 36.8 Å². The van der Waals surface area contributed by atoms with Crippen molar-refractivity contribution in [3.8, 4) is 28.0 Å². The molecule has 0 saturated heterocycles. The maximum atomic E-state index is 15.3. The molecule has 0 aliphatic rings. The average Bonchev–Trinajstić information content (AvgIpc) is 3.04. The fraction of sp³-hybridized carbons (Fsp3) is 0.333. The summed E-state index contributed by atoms with van der Waals surface area (Å²) in [5.41, 5.74) is 3.45. The average molecular weight is 623 g/mol. The van der Waals surface area contributed by atoms with Gasteiger partial charge in [0.25, 0.3) is 0 Å². The highest BCUT2D eigenvalue weighted by Crippen LogP contribution is 2.36. The van der Waals surface area contributed by atoms with Gasteiger partial charge in [-0.2, -0.15) is 0 Å². The largest absolute Gasteiger partial charge is 0.493 e. The molecule has 2 N–H and O–H groups in total. The maximum absolute atomic E-state index is 15.3. The van der Waals surface area contributed by atoms with Gasteiger partial charge in [-0.3, -0.25) is 0 Å². The number of carbonyl (C=O) groups is 2. The van der Waals surface area contributed by atoms with E-state index >= 15 is 8.78 Å². The van der Waals surface area contributed by atoms with Crippen LogP contribution in [-0.2, 0) is 31.9 Å². The van der Waals surface area contributed by atoms with Crippen molar-refractivity contribution in [1.82, 2.24) is 0 Å². The van der Waals surface area contributed by atoms with Gasteiger partial charge < -0.3 is 24.4 Å². The number of halogens is 2. The molecule has 0 amide bonds. The fourth-order valence-electron chi connectivity index (χ4n) is 4.44. The van der Waals surface area contributed by atoms with Crippen LogP contribution >= 0.6 is 0 Å². The van der Waals surface area contributed by atoms with Gasteiger partial charge in [-0.15, -0.1) is 0 Å². The maximum Gasteiger partial charge on any atom is 0.335 e. The van der Waals surface area contributed by atoms with E-state index in [0.717, 1.165) is 18.4 Å². The first-order valence-corrected chi connectivity index (χ1v) is 14.9. The summed E-state index contributed by atoms with van der Waals surface area (Å²) in [7, 11) is 0. The van der Waals surface area contributed by atoms with E-state index in [1.807, 2.05) is 13.0 Å². The highest BCUT2D eigenvalue weighted by Gasteiger charge is 2.15. The Morgan fingerprint density at radius 2 is 1.31 bits per heavy atom. The molecule has 3 rings (SSSR count). The molecular formula is C36H40F2O7. The first-order valence-electron chi connectivity index (χ1n) is 14.9.